The normalized spacial score (nSPS) is 14.0. The molecule has 0 saturated carbocycles. The average molecular weight is 372 g/mol. The number of hydrogen-bond donors (Lipinski definition) is 3. The maximum absolute atomic E-state index is 12.1. The van der Waals surface area contributed by atoms with Crippen LogP contribution in [-0.2, 0) is 19.6 Å². The van der Waals surface area contributed by atoms with Crippen molar-refractivity contribution in [3.05, 3.63) is 29.8 Å². The van der Waals surface area contributed by atoms with Gasteiger partial charge in [-0.05, 0) is 36.2 Å². The Morgan fingerprint density at radius 2 is 1.84 bits per heavy atom. The van der Waals surface area contributed by atoms with Crippen LogP contribution >= 0.6 is 0 Å². The van der Waals surface area contributed by atoms with E-state index in [2.05, 4.69) is 0 Å². The summed E-state index contributed by atoms with van der Waals surface area (Å²) in [5, 5.41) is 18.2. The second-order valence-electron chi connectivity index (χ2n) is 6.09. The van der Waals surface area contributed by atoms with Crippen molar-refractivity contribution in [2.75, 3.05) is 12.4 Å². The van der Waals surface area contributed by atoms with Gasteiger partial charge in [-0.25, -0.2) is 0 Å². The second-order valence-corrected chi connectivity index (χ2v) is 7.66. The van der Waals surface area contributed by atoms with E-state index in [0.29, 0.717) is 18.3 Å². The number of carbonyl (C=O) groups is 1. The van der Waals surface area contributed by atoms with Crippen molar-refractivity contribution in [3.8, 4) is 0 Å². The second kappa shape index (κ2) is 9.91. The fourth-order valence-corrected chi connectivity index (χ4v) is 3.00. The Balaban J connectivity index is 2.54. The van der Waals surface area contributed by atoms with Gasteiger partial charge in [0.25, 0.3) is 10.1 Å². The summed E-state index contributed by atoms with van der Waals surface area (Å²) >= 11 is 0. The summed E-state index contributed by atoms with van der Waals surface area (Å²) < 4.78 is 35.0. The maximum Gasteiger partial charge on any atom is 0.488 e. The lowest BCUT2D eigenvalue weighted by Gasteiger charge is -2.19. The van der Waals surface area contributed by atoms with Crippen LogP contribution < -0.4 is 5.46 Å². The lowest BCUT2D eigenvalue weighted by molar-refractivity contribution is -0.149. The molecule has 3 N–H and O–H groups in total. The lowest BCUT2D eigenvalue weighted by atomic mass is 9.79. The molecule has 1 aromatic rings. The third-order valence-electron chi connectivity index (χ3n) is 4.06. The predicted octanol–water partition coefficient (Wildman–Crippen LogP) is 0.707. The van der Waals surface area contributed by atoms with Crippen LogP contribution in [0.5, 0.6) is 0 Å². The molecular formula is C16H25BO7S. The first-order chi connectivity index (χ1) is 11.6. The molecule has 0 radical (unpaired) electrons. The van der Waals surface area contributed by atoms with Crippen molar-refractivity contribution in [1.82, 2.24) is 0 Å². The average Bonchev–Trinajstić information content (AvgIpc) is 2.55. The zero-order valence-corrected chi connectivity index (χ0v) is 15.3. The molecule has 1 rings (SSSR count). The van der Waals surface area contributed by atoms with Crippen LogP contribution in [0.2, 0.25) is 0 Å². The highest BCUT2D eigenvalue weighted by Gasteiger charge is 2.22. The Hall–Kier alpha value is -1.42. The quantitative estimate of drug-likeness (QED) is 0.239. The Bertz CT molecular complexity index is 643. The van der Waals surface area contributed by atoms with Gasteiger partial charge in [0.05, 0.1) is 18.3 Å². The van der Waals surface area contributed by atoms with Crippen LogP contribution in [0.25, 0.3) is 0 Å². The van der Waals surface area contributed by atoms with Gasteiger partial charge >= 0.3 is 13.1 Å². The molecule has 2 atom stereocenters. The monoisotopic (exact) mass is 372 g/mol. The van der Waals surface area contributed by atoms with Crippen LogP contribution in [0.1, 0.15) is 44.6 Å². The van der Waals surface area contributed by atoms with Crippen molar-refractivity contribution in [1.29, 1.82) is 0 Å². The van der Waals surface area contributed by atoms with Gasteiger partial charge in [-0.3, -0.25) is 9.35 Å². The van der Waals surface area contributed by atoms with Gasteiger partial charge in [0.2, 0.25) is 0 Å². The van der Waals surface area contributed by atoms with Gasteiger partial charge in [-0.15, -0.1) is 0 Å². The summed E-state index contributed by atoms with van der Waals surface area (Å²) in [7, 11) is -5.55. The number of ether oxygens (including phenoxy) is 1. The third-order valence-corrected chi connectivity index (χ3v) is 4.86. The van der Waals surface area contributed by atoms with E-state index in [1.807, 2.05) is 13.8 Å². The van der Waals surface area contributed by atoms with E-state index in [1.54, 1.807) is 24.3 Å². The van der Waals surface area contributed by atoms with Crippen LogP contribution in [0, 0.1) is 5.92 Å². The highest BCUT2D eigenvalue weighted by atomic mass is 32.2. The van der Waals surface area contributed by atoms with Crippen LogP contribution in [0.15, 0.2) is 24.3 Å². The largest absolute Gasteiger partial charge is 0.488 e. The molecule has 7 nitrogen and oxygen atoms in total. The van der Waals surface area contributed by atoms with Crippen molar-refractivity contribution >= 4 is 28.7 Å². The molecule has 0 amide bonds. The number of benzene rings is 1. The molecule has 0 fully saturated rings. The molecule has 140 valence electrons. The Kier molecular flexibility index (Phi) is 8.57. The summed E-state index contributed by atoms with van der Waals surface area (Å²) in [4.78, 5) is 12.1. The molecule has 0 spiro atoms. The van der Waals surface area contributed by atoms with Gasteiger partial charge in [0.15, 0.2) is 0 Å². The topological polar surface area (TPSA) is 121 Å². The summed E-state index contributed by atoms with van der Waals surface area (Å²) in [6.07, 6.45) is 1.21. The standard InChI is InChI=1S/C16H25BO7S/c1-3-13(16(18)24-9-4-10-25(21,22)23)11-12(2)14-5-7-15(8-6-14)17(19)20/h5-8,12-13,19-20H,3-4,9-11H2,1-2H3,(H,21,22,23). The van der Waals surface area contributed by atoms with E-state index in [9.17, 15) is 13.2 Å². The molecule has 1 aromatic carbocycles. The first-order valence-electron chi connectivity index (χ1n) is 8.21. The molecule has 0 aliphatic rings. The molecule has 0 heterocycles. The highest BCUT2D eigenvalue weighted by Crippen LogP contribution is 2.25. The van der Waals surface area contributed by atoms with E-state index in [-0.39, 0.29) is 30.8 Å². The van der Waals surface area contributed by atoms with Gasteiger partial charge in [-0.2, -0.15) is 8.42 Å². The SMILES string of the molecule is CCC(CC(C)c1ccc(B(O)O)cc1)C(=O)OCCCS(=O)(=O)O. The third kappa shape index (κ3) is 8.00. The van der Waals surface area contributed by atoms with Crippen LogP contribution in [-0.4, -0.2) is 48.5 Å². The summed E-state index contributed by atoms with van der Waals surface area (Å²) in [5.74, 6) is -1.06. The fraction of sp³-hybridized carbons (Fsp3) is 0.562. The summed E-state index contributed by atoms with van der Waals surface area (Å²) in [6.45, 7) is 3.80. The molecule has 0 aliphatic carbocycles. The van der Waals surface area contributed by atoms with Crippen molar-refractivity contribution in [2.24, 2.45) is 5.92 Å². The van der Waals surface area contributed by atoms with E-state index in [0.717, 1.165) is 5.56 Å². The summed E-state index contributed by atoms with van der Waals surface area (Å²) in [6, 6.07) is 6.85. The van der Waals surface area contributed by atoms with E-state index in [1.165, 1.54) is 0 Å². The van der Waals surface area contributed by atoms with E-state index in [4.69, 9.17) is 19.3 Å². The Morgan fingerprint density at radius 1 is 1.24 bits per heavy atom. The van der Waals surface area contributed by atoms with E-state index < -0.39 is 23.0 Å². The number of hydrogen-bond acceptors (Lipinski definition) is 6. The van der Waals surface area contributed by atoms with Gasteiger partial charge < -0.3 is 14.8 Å². The Morgan fingerprint density at radius 3 is 2.32 bits per heavy atom. The van der Waals surface area contributed by atoms with Gasteiger partial charge in [0, 0.05) is 0 Å². The first kappa shape index (κ1) is 21.6. The molecule has 0 bridgehead atoms. The molecule has 2 unspecified atom stereocenters. The molecule has 9 heteroatoms. The van der Waals surface area contributed by atoms with Crippen LogP contribution in [0.4, 0.5) is 0 Å². The number of carbonyl (C=O) groups excluding carboxylic acids is 1. The predicted molar refractivity (Wildman–Crippen MR) is 95.1 cm³/mol. The summed E-state index contributed by atoms with van der Waals surface area (Å²) in [5.41, 5.74) is 1.38. The number of esters is 1. The van der Waals surface area contributed by atoms with E-state index >= 15 is 0 Å². The Labute approximate surface area is 148 Å². The van der Waals surface area contributed by atoms with Crippen molar-refractivity contribution in [3.63, 3.8) is 0 Å². The fourth-order valence-electron chi connectivity index (χ4n) is 2.52. The van der Waals surface area contributed by atoms with Crippen molar-refractivity contribution < 1.29 is 32.5 Å². The van der Waals surface area contributed by atoms with Gasteiger partial charge in [0.1, 0.15) is 0 Å². The molecule has 0 aromatic heterocycles. The number of rotatable bonds is 10. The molecular weight excluding hydrogens is 347 g/mol. The lowest BCUT2D eigenvalue weighted by Crippen LogP contribution is -2.29. The minimum absolute atomic E-state index is 0.0490. The highest BCUT2D eigenvalue weighted by molar-refractivity contribution is 7.85. The molecule has 0 saturated heterocycles. The first-order valence-corrected chi connectivity index (χ1v) is 9.82. The van der Waals surface area contributed by atoms with Crippen LogP contribution in [0.3, 0.4) is 0 Å². The zero-order valence-electron chi connectivity index (χ0n) is 14.5. The smallest absolute Gasteiger partial charge is 0.465 e. The maximum atomic E-state index is 12.1. The minimum atomic E-state index is -4.04. The minimum Gasteiger partial charge on any atom is -0.465 e. The molecule has 25 heavy (non-hydrogen) atoms. The zero-order chi connectivity index (χ0) is 19.0. The molecule has 0 aliphatic heterocycles. The van der Waals surface area contributed by atoms with Gasteiger partial charge in [-0.1, -0.05) is 38.1 Å². The van der Waals surface area contributed by atoms with Crippen molar-refractivity contribution in [2.45, 2.75) is 39.0 Å².